The first-order valence-electron chi connectivity index (χ1n) is 8.40. The largest absolute Gasteiger partial charge is 0.465 e. The Morgan fingerprint density at radius 2 is 1.88 bits per heavy atom. The van der Waals surface area contributed by atoms with Crippen molar-refractivity contribution < 1.29 is 14.3 Å². The Bertz CT molecular complexity index is 704. The van der Waals surface area contributed by atoms with E-state index in [4.69, 9.17) is 0 Å². The van der Waals surface area contributed by atoms with Gasteiger partial charge in [-0.3, -0.25) is 4.68 Å². The van der Waals surface area contributed by atoms with Gasteiger partial charge in [0.25, 0.3) is 0 Å². The van der Waals surface area contributed by atoms with Crippen molar-refractivity contribution in [2.24, 2.45) is 0 Å². The zero-order valence-electron chi connectivity index (χ0n) is 14.1. The number of hydrogen-bond donors (Lipinski definition) is 2. The predicted octanol–water partition coefficient (Wildman–Crippen LogP) is 2.98. The van der Waals surface area contributed by atoms with Gasteiger partial charge in [0.15, 0.2) is 0 Å². The van der Waals surface area contributed by atoms with Crippen LogP contribution >= 0.6 is 0 Å². The Kier molecular flexibility index (Phi) is 5.33. The lowest BCUT2D eigenvalue weighted by Gasteiger charge is -2.29. The number of ether oxygens (including phenoxy) is 1. The number of urea groups is 1. The van der Waals surface area contributed by atoms with Crippen LogP contribution in [-0.2, 0) is 4.74 Å². The van der Waals surface area contributed by atoms with Gasteiger partial charge < -0.3 is 15.4 Å². The Balaban J connectivity index is 1.46. The van der Waals surface area contributed by atoms with Crippen LogP contribution in [0.3, 0.4) is 0 Å². The van der Waals surface area contributed by atoms with Gasteiger partial charge in [0.1, 0.15) is 0 Å². The fourth-order valence-electron chi connectivity index (χ4n) is 3.14. The first-order chi connectivity index (χ1) is 12.2. The van der Waals surface area contributed by atoms with Crippen molar-refractivity contribution in [1.29, 1.82) is 0 Å². The molecule has 3 rings (SSSR count). The van der Waals surface area contributed by atoms with Crippen LogP contribution in [0.1, 0.15) is 42.1 Å². The lowest BCUT2D eigenvalue weighted by Crippen LogP contribution is -2.40. The van der Waals surface area contributed by atoms with Gasteiger partial charge >= 0.3 is 12.0 Å². The number of anilines is 1. The van der Waals surface area contributed by atoms with Gasteiger partial charge in [-0.25, -0.2) is 9.59 Å². The van der Waals surface area contributed by atoms with Gasteiger partial charge in [-0.2, -0.15) is 5.10 Å². The molecule has 0 atom stereocenters. The highest BCUT2D eigenvalue weighted by Gasteiger charge is 2.23. The molecule has 1 fully saturated rings. The number of rotatable bonds is 4. The molecular weight excluding hydrogens is 320 g/mol. The molecule has 7 heteroatoms. The molecule has 25 heavy (non-hydrogen) atoms. The van der Waals surface area contributed by atoms with Crippen molar-refractivity contribution in [3.05, 3.63) is 48.3 Å². The average Bonchev–Trinajstić information content (AvgIpc) is 3.17. The Morgan fingerprint density at radius 3 is 2.48 bits per heavy atom. The molecule has 0 unspecified atom stereocenters. The van der Waals surface area contributed by atoms with E-state index in [1.54, 1.807) is 30.5 Å². The fourth-order valence-corrected chi connectivity index (χ4v) is 3.14. The van der Waals surface area contributed by atoms with Crippen LogP contribution < -0.4 is 10.6 Å². The molecular formula is C18H22N4O3. The number of carbonyl (C=O) groups excluding carboxylic acids is 2. The smallest absolute Gasteiger partial charge is 0.337 e. The third-order valence-electron chi connectivity index (χ3n) is 4.49. The van der Waals surface area contributed by atoms with Gasteiger partial charge in [0, 0.05) is 24.1 Å². The Morgan fingerprint density at radius 1 is 1.16 bits per heavy atom. The summed E-state index contributed by atoms with van der Waals surface area (Å²) in [5.41, 5.74) is 1.08. The van der Waals surface area contributed by atoms with Crippen LogP contribution in [0.5, 0.6) is 0 Å². The van der Waals surface area contributed by atoms with Gasteiger partial charge in [0.2, 0.25) is 0 Å². The van der Waals surface area contributed by atoms with E-state index in [9.17, 15) is 9.59 Å². The molecule has 2 aromatic rings. The Labute approximate surface area is 146 Å². The minimum absolute atomic E-state index is 0.168. The summed E-state index contributed by atoms with van der Waals surface area (Å²) in [7, 11) is 1.34. The zero-order valence-corrected chi connectivity index (χ0v) is 14.1. The lowest BCUT2D eigenvalue weighted by atomic mass is 9.91. The summed E-state index contributed by atoms with van der Waals surface area (Å²) >= 11 is 0. The first kappa shape index (κ1) is 17.0. The third-order valence-corrected chi connectivity index (χ3v) is 4.49. The van der Waals surface area contributed by atoms with Crippen molar-refractivity contribution in [3.63, 3.8) is 0 Å². The third kappa shape index (κ3) is 4.37. The van der Waals surface area contributed by atoms with E-state index in [-0.39, 0.29) is 12.1 Å². The highest BCUT2D eigenvalue weighted by molar-refractivity contribution is 5.92. The fraction of sp³-hybridized carbons (Fsp3) is 0.389. The van der Waals surface area contributed by atoms with Crippen molar-refractivity contribution in [2.75, 3.05) is 12.4 Å². The van der Waals surface area contributed by atoms with Gasteiger partial charge in [-0.05, 0) is 56.0 Å². The monoisotopic (exact) mass is 342 g/mol. The summed E-state index contributed by atoms with van der Waals surface area (Å²) in [5, 5.41) is 10.1. The van der Waals surface area contributed by atoms with E-state index < -0.39 is 5.97 Å². The molecule has 0 bridgehead atoms. The van der Waals surface area contributed by atoms with Crippen LogP contribution in [0.4, 0.5) is 10.5 Å². The number of methoxy groups -OCH3 is 1. The van der Waals surface area contributed by atoms with E-state index in [2.05, 4.69) is 20.5 Å². The molecule has 1 aliphatic rings. The molecule has 1 saturated carbocycles. The minimum Gasteiger partial charge on any atom is -0.465 e. The second-order valence-corrected chi connectivity index (χ2v) is 6.16. The number of nitrogens with one attached hydrogen (secondary N) is 2. The second-order valence-electron chi connectivity index (χ2n) is 6.16. The molecule has 1 aromatic heterocycles. The number of amides is 2. The Hall–Kier alpha value is -2.83. The molecule has 0 aliphatic heterocycles. The maximum absolute atomic E-state index is 12.1. The number of nitrogens with zero attached hydrogens (tertiary/aromatic N) is 2. The lowest BCUT2D eigenvalue weighted by molar-refractivity contribution is 0.0600. The molecule has 0 saturated heterocycles. The predicted molar refractivity (Wildman–Crippen MR) is 93.5 cm³/mol. The molecule has 1 heterocycles. The number of carbonyl (C=O) groups is 2. The van der Waals surface area contributed by atoms with Crippen molar-refractivity contribution >= 4 is 17.7 Å². The summed E-state index contributed by atoms with van der Waals surface area (Å²) in [5.74, 6) is -0.398. The topological polar surface area (TPSA) is 85.2 Å². The normalized spacial score (nSPS) is 19.9. The summed E-state index contributed by atoms with van der Waals surface area (Å²) in [6.45, 7) is 0. The highest BCUT2D eigenvalue weighted by atomic mass is 16.5. The van der Waals surface area contributed by atoms with Gasteiger partial charge in [-0.1, -0.05) is 0 Å². The minimum atomic E-state index is -0.398. The van der Waals surface area contributed by atoms with Crippen LogP contribution in [0.25, 0.3) is 0 Å². The van der Waals surface area contributed by atoms with Crippen LogP contribution in [0.15, 0.2) is 42.7 Å². The summed E-state index contributed by atoms with van der Waals surface area (Å²) in [6.07, 6.45) is 7.64. The molecule has 0 radical (unpaired) electrons. The van der Waals surface area contributed by atoms with E-state index in [0.717, 1.165) is 25.7 Å². The van der Waals surface area contributed by atoms with Gasteiger partial charge in [-0.15, -0.1) is 0 Å². The van der Waals surface area contributed by atoms with Crippen molar-refractivity contribution in [2.45, 2.75) is 37.8 Å². The number of esters is 1. The SMILES string of the molecule is COC(=O)c1ccc(NC(=O)NC2CCC(n3cccn3)CC2)cc1. The van der Waals surface area contributed by atoms with Crippen molar-refractivity contribution in [3.8, 4) is 0 Å². The zero-order chi connectivity index (χ0) is 17.6. The number of aromatic nitrogens is 2. The molecule has 1 aliphatic carbocycles. The van der Waals surface area contributed by atoms with E-state index >= 15 is 0 Å². The van der Waals surface area contributed by atoms with Gasteiger partial charge in [0.05, 0.1) is 18.7 Å². The quantitative estimate of drug-likeness (QED) is 0.837. The van der Waals surface area contributed by atoms with E-state index in [0.29, 0.717) is 17.3 Å². The average molecular weight is 342 g/mol. The molecule has 1 aromatic carbocycles. The van der Waals surface area contributed by atoms with E-state index in [1.807, 2.05) is 16.9 Å². The summed E-state index contributed by atoms with van der Waals surface area (Å²) in [6, 6.07) is 8.90. The van der Waals surface area contributed by atoms with Crippen LogP contribution in [0, 0.1) is 0 Å². The summed E-state index contributed by atoms with van der Waals surface area (Å²) in [4.78, 5) is 23.5. The van der Waals surface area contributed by atoms with Crippen LogP contribution in [0.2, 0.25) is 0 Å². The number of benzene rings is 1. The number of hydrogen-bond acceptors (Lipinski definition) is 4. The maximum Gasteiger partial charge on any atom is 0.337 e. The van der Waals surface area contributed by atoms with Crippen LogP contribution in [-0.4, -0.2) is 34.9 Å². The highest BCUT2D eigenvalue weighted by Crippen LogP contribution is 2.27. The molecule has 132 valence electrons. The van der Waals surface area contributed by atoms with Crippen molar-refractivity contribution in [1.82, 2.24) is 15.1 Å². The molecule has 2 amide bonds. The second kappa shape index (κ2) is 7.83. The molecule has 7 nitrogen and oxygen atoms in total. The standard InChI is InChI=1S/C18H22N4O3/c1-25-17(23)13-3-5-14(6-4-13)20-18(24)21-15-7-9-16(10-8-15)22-12-2-11-19-22/h2-6,11-12,15-16H,7-10H2,1H3,(H2,20,21,24). The summed E-state index contributed by atoms with van der Waals surface area (Å²) < 4.78 is 6.65. The van der Waals surface area contributed by atoms with E-state index in [1.165, 1.54) is 7.11 Å². The molecule has 2 N–H and O–H groups in total. The molecule has 0 spiro atoms. The maximum atomic E-state index is 12.1. The first-order valence-corrected chi connectivity index (χ1v) is 8.40.